The van der Waals surface area contributed by atoms with Crippen LogP contribution in [0.1, 0.15) is 5.56 Å². The highest BCUT2D eigenvalue weighted by Gasteiger charge is 1.99. The summed E-state index contributed by atoms with van der Waals surface area (Å²) in [5.41, 5.74) is 0.869. The molecule has 1 aromatic carbocycles. The van der Waals surface area contributed by atoms with Crippen molar-refractivity contribution in [2.45, 2.75) is 6.61 Å². The molecular formula is C11H12N2O2. The molecule has 0 saturated heterocycles. The number of hydrogen-bond acceptors (Lipinski definition) is 3. The van der Waals surface area contributed by atoms with Gasteiger partial charge in [-0.25, -0.2) is 0 Å². The van der Waals surface area contributed by atoms with Gasteiger partial charge >= 0.3 is 0 Å². The second kappa shape index (κ2) is 4.14. The molecule has 1 N–H and O–H groups in total. The molecule has 0 aliphatic rings. The second-order valence-corrected chi connectivity index (χ2v) is 3.25. The Balaban J connectivity index is 2.11. The van der Waals surface area contributed by atoms with Gasteiger partial charge in [0.25, 0.3) is 0 Å². The molecule has 0 atom stereocenters. The van der Waals surface area contributed by atoms with Crippen molar-refractivity contribution in [2.24, 2.45) is 7.05 Å². The van der Waals surface area contributed by atoms with E-state index in [1.807, 2.05) is 31.3 Å². The fourth-order valence-corrected chi connectivity index (χ4v) is 1.25. The van der Waals surface area contributed by atoms with Crippen LogP contribution in [0.2, 0.25) is 0 Å². The molecule has 0 bridgehead atoms. The predicted octanol–water partition coefficient (Wildman–Crippen LogP) is 1.70. The van der Waals surface area contributed by atoms with Crippen molar-refractivity contribution in [3.8, 4) is 11.5 Å². The van der Waals surface area contributed by atoms with E-state index in [1.165, 1.54) is 0 Å². The van der Waals surface area contributed by atoms with Crippen LogP contribution in [0.4, 0.5) is 0 Å². The van der Waals surface area contributed by atoms with Crippen LogP contribution in [0.5, 0.6) is 11.5 Å². The topological polar surface area (TPSA) is 47.3 Å². The van der Waals surface area contributed by atoms with Crippen LogP contribution in [0.3, 0.4) is 0 Å². The molecule has 0 spiro atoms. The van der Waals surface area contributed by atoms with Gasteiger partial charge in [-0.1, -0.05) is 12.1 Å². The highest BCUT2D eigenvalue weighted by Crippen LogP contribution is 2.20. The molecule has 15 heavy (non-hydrogen) atoms. The molecule has 0 saturated carbocycles. The molecule has 0 radical (unpaired) electrons. The summed E-state index contributed by atoms with van der Waals surface area (Å²) < 4.78 is 7.21. The summed E-state index contributed by atoms with van der Waals surface area (Å²) in [4.78, 5) is 0. The van der Waals surface area contributed by atoms with Crippen molar-refractivity contribution < 1.29 is 9.84 Å². The van der Waals surface area contributed by atoms with Crippen molar-refractivity contribution in [2.75, 3.05) is 0 Å². The molecule has 1 aromatic heterocycles. The van der Waals surface area contributed by atoms with E-state index in [4.69, 9.17) is 9.84 Å². The number of benzene rings is 1. The zero-order valence-corrected chi connectivity index (χ0v) is 8.42. The third-order valence-electron chi connectivity index (χ3n) is 2.02. The summed E-state index contributed by atoms with van der Waals surface area (Å²) in [6, 6.07) is 7.29. The van der Waals surface area contributed by atoms with Gasteiger partial charge in [-0.15, -0.1) is 0 Å². The maximum atomic E-state index is 8.87. The molecule has 4 heteroatoms. The average Bonchev–Trinajstić information content (AvgIpc) is 2.65. The molecule has 0 amide bonds. The van der Waals surface area contributed by atoms with Crippen molar-refractivity contribution in [1.29, 1.82) is 0 Å². The lowest BCUT2D eigenvalue weighted by Crippen LogP contribution is -1.86. The molecule has 0 fully saturated rings. The van der Waals surface area contributed by atoms with Crippen LogP contribution in [0, 0.1) is 0 Å². The monoisotopic (exact) mass is 204 g/mol. The van der Waals surface area contributed by atoms with Crippen molar-refractivity contribution in [1.82, 2.24) is 9.78 Å². The summed E-state index contributed by atoms with van der Waals surface area (Å²) in [5.74, 6) is 1.44. The minimum Gasteiger partial charge on any atom is -0.454 e. The number of aryl methyl sites for hydroxylation is 1. The van der Waals surface area contributed by atoms with Crippen molar-refractivity contribution in [3.63, 3.8) is 0 Å². The minimum absolute atomic E-state index is 0.0488. The fourth-order valence-electron chi connectivity index (χ4n) is 1.25. The molecule has 0 unspecified atom stereocenters. The second-order valence-electron chi connectivity index (χ2n) is 3.25. The van der Waals surface area contributed by atoms with Crippen LogP contribution in [0.25, 0.3) is 0 Å². The van der Waals surface area contributed by atoms with E-state index in [1.54, 1.807) is 17.1 Å². The average molecular weight is 204 g/mol. The maximum Gasteiger partial charge on any atom is 0.165 e. The van der Waals surface area contributed by atoms with Gasteiger partial charge in [-0.05, 0) is 17.7 Å². The number of nitrogens with zero attached hydrogens (tertiary/aromatic N) is 2. The lowest BCUT2D eigenvalue weighted by Gasteiger charge is -2.02. The van der Waals surface area contributed by atoms with Gasteiger partial charge in [0.1, 0.15) is 5.75 Å². The van der Waals surface area contributed by atoms with Gasteiger partial charge in [-0.3, -0.25) is 4.68 Å². The van der Waals surface area contributed by atoms with Crippen molar-refractivity contribution >= 4 is 0 Å². The van der Waals surface area contributed by atoms with Crippen LogP contribution >= 0.6 is 0 Å². The Morgan fingerprint density at radius 2 is 2.00 bits per heavy atom. The van der Waals surface area contributed by atoms with Gasteiger partial charge in [-0.2, -0.15) is 5.10 Å². The standard InChI is InChI=1S/C11H12N2O2/c1-13-7-11(6-12-13)15-10-4-2-9(8-14)3-5-10/h2-7,14H,8H2,1H3. The summed E-state index contributed by atoms with van der Waals surface area (Å²) in [7, 11) is 1.84. The Labute approximate surface area is 87.7 Å². The molecule has 0 aliphatic carbocycles. The molecule has 4 nitrogen and oxygen atoms in total. The van der Waals surface area contributed by atoms with Gasteiger partial charge in [0, 0.05) is 7.05 Å². The van der Waals surface area contributed by atoms with Crippen LogP contribution in [-0.4, -0.2) is 14.9 Å². The smallest absolute Gasteiger partial charge is 0.165 e. The summed E-state index contributed by atoms with van der Waals surface area (Å²) in [6.07, 6.45) is 3.44. The van der Waals surface area contributed by atoms with Gasteiger partial charge < -0.3 is 9.84 Å². The van der Waals surface area contributed by atoms with E-state index < -0.39 is 0 Å². The first-order valence-electron chi connectivity index (χ1n) is 4.64. The van der Waals surface area contributed by atoms with E-state index in [0.717, 1.165) is 11.3 Å². The normalized spacial score (nSPS) is 10.3. The minimum atomic E-state index is 0.0488. The number of hydrogen-bond donors (Lipinski definition) is 1. The quantitative estimate of drug-likeness (QED) is 0.827. The first-order valence-corrected chi connectivity index (χ1v) is 4.64. The third-order valence-corrected chi connectivity index (χ3v) is 2.02. The van der Waals surface area contributed by atoms with Crippen LogP contribution < -0.4 is 4.74 Å². The molecule has 2 rings (SSSR count). The number of aliphatic hydroxyl groups excluding tert-OH is 1. The fraction of sp³-hybridized carbons (Fsp3) is 0.182. The zero-order valence-electron chi connectivity index (χ0n) is 8.42. The number of ether oxygens (including phenoxy) is 1. The Hall–Kier alpha value is -1.81. The highest BCUT2D eigenvalue weighted by atomic mass is 16.5. The predicted molar refractivity (Wildman–Crippen MR) is 55.6 cm³/mol. The lowest BCUT2D eigenvalue weighted by molar-refractivity contribution is 0.281. The number of rotatable bonds is 3. The van der Waals surface area contributed by atoms with E-state index in [2.05, 4.69) is 5.10 Å². The summed E-state index contributed by atoms with van der Waals surface area (Å²) >= 11 is 0. The lowest BCUT2D eigenvalue weighted by atomic mass is 10.2. The Kier molecular flexibility index (Phi) is 2.69. The third kappa shape index (κ3) is 2.35. The van der Waals surface area contributed by atoms with Crippen molar-refractivity contribution in [3.05, 3.63) is 42.2 Å². The van der Waals surface area contributed by atoms with Gasteiger partial charge in [0.05, 0.1) is 19.0 Å². The van der Waals surface area contributed by atoms with E-state index in [9.17, 15) is 0 Å². The molecule has 78 valence electrons. The van der Waals surface area contributed by atoms with E-state index >= 15 is 0 Å². The zero-order chi connectivity index (χ0) is 10.7. The van der Waals surface area contributed by atoms with E-state index in [-0.39, 0.29) is 6.61 Å². The van der Waals surface area contributed by atoms with E-state index in [0.29, 0.717) is 5.75 Å². The highest BCUT2D eigenvalue weighted by molar-refractivity contribution is 5.30. The van der Waals surface area contributed by atoms with Crippen LogP contribution in [0.15, 0.2) is 36.7 Å². The summed E-state index contributed by atoms with van der Waals surface area (Å²) in [6.45, 7) is 0.0488. The molecule has 1 heterocycles. The largest absolute Gasteiger partial charge is 0.454 e. The summed E-state index contributed by atoms with van der Waals surface area (Å²) in [5, 5.41) is 12.9. The van der Waals surface area contributed by atoms with Crippen LogP contribution in [-0.2, 0) is 13.7 Å². The number of aromatic nitrogens is 2. The first kappa shape index (κ1) is 9.73. The molecule has 2 aromatic rings. The Morgan fingerprint density at radius 3 is 2.53 bits per heavy atom. The SMILES string of the molecule is Cn1cc(Oc2ccc(CO)cc2)cn1. The Morgan fingerprint density at radius 1 is 1.27 bits per heavy atom. The molecule has 0 aliphatic heterocycles. The maximum absolute atomic E-state index is 8.87. The van der Waals surface area contributed by atoms with Gasteiger partial charge in [0.15, 0.2) is 5.75 Å². The molecular weight excluding hydrogens is 192 g/mol. The number of aliphatic hydroxyl groups is 1. The first-order chi connectivity index (χ1) is 7.28. The Bertz CT molecular complexity index is 434. The van der Waals surface area contributed by atoms with Gasteiger partial charge in [0.2, 0.25) is 0 Å².